The highest BCUT2D eigenvalue weighted by molar-refractivity contribution is 5.67. The Balaban J connectivity index is 2.30. The molecule has 0 radical (unpaired) electrons. The topological polar surface area (TPSA) is 37.3 Å². The van der Waals surface area contributed by atoms with Gasteiger partial charge in [-0.3, -0.25) is 9.18 Å². The smallest absolute Gasteiger partial charge is 0.303 e. The van der Waals surface area contributed by atoms with Crippen molar-refractivity contribution in [3.05, 3.63) is 0 Å². The third kappa shape index (κ3) is 2.80. The highest BCUT2D eigenvalue weighted by Gasteiger charge is 2.23. The first-order chi connectivity index (χ1) is 5.72. The number of carbonyl (C=O) groups is 1. The summed E-state index contributed by atoms with van der Waals surface area (Å²) in [6.07, 6.45) is 3.88. The molecule has 1 N–H and O–H groups in total. The van der Waals surface area contributed by atoms with Crippen molar-refractivity contribution in [1.29, 1.82) is 0 Å². The van der Waals surface area contributed by atoms with Crippen LogP contribution in [0.2, 0.25) is 0 Å². The van der Waals surface area contributed by atoms with Crippen LogP contribution in [0.15, 0.2) is 0 Å². The Morgan fingerprint density at radius 3 is 2.67 bits per heavy atom. The van der Waals surface area contributed by atoms with Crippen LogP contribution in [0, 0.1) is 11.8 Å². The van der Waals surface area contributed by atoms with E-state index in [4.69, 9.17) is 5.11 Å². The van der Waals surface area contributed by atoms with E-state index in [0.717, 1.165) is 25.7 Å². The zero-order chi connectivity index (χ0) is 8.97. The van der Waals surface area contributed by atoms with Gasteiger partial charge >= 0.3 is 5.97 Å². The highest BCUT2D eigenvalue weighted by atomic mass is 19.1. The third-order valence-corrected chi connectivity index (χ3v) is 2.57. The summed E-state index contributed by atoms with van der Waals surface area (Å²) in [5.41, 5.74) is 0. The van der Waals surface area contributed by atoms with Crippen molar-refractivity contribution in [2.45, 2.75) is 32.1 Å². The maximum atomic E-state index is 12.2. The van der Waals surface area contributed by atoms with Gasteiger partial charge in [0, 0.05) is 6.42 Å². The zero-order valence-electron chi connectivity index (χ0n) is 7.13. The molecule has 0 aromatic heterocycles. The first-order valence-electron chi connectivity index (χ1n) is 4.50. The summed E-state index contributed by atoms with van der Waals surface area (Å²) in [7, 11) is 0. The van der Waals surface area contributed by atoms with Crippen molar-refractivity contribution in [3.8, 4) is 0 Å². The molecular weight excluding hydrogens is 159 g/mol. The molecule has 3 heteroatoms. The van der Waals surface area contributed by atoms with Gasteiger partial charge in [0.2, 0.25) is 0 Å². The Labute approximate surface area is 71.8 Å². The lowest BCUT2D eigenvalue weighted by Gasteiger charge is -2.25. The molecule has 0 spiro atoms. The largest absolute Gasteiger partial charge is 0.481 e. The van der Waals surface area contributed by atoms with E-state index < -0.39 is 5.97 Å². The summed E-state index contributed by atoms with van der Waals surface area (Å²) >= 11 is 0. The molecule has 12 heavy (non-hydrogen) atoms. The van der Waals surface area contributed by atoms with Gasteiger partial charge in [-0.2, -0.15) is 0 Å². The number of carboxylic acids is 1. The van der Waals surface area contributed by atoms with Gasteiger partial charge in [0.15, 0.2) is 0 Å². The molecule has 70 valence electrons. The molecule has 2 nitrogen and oxygen atoms in total. The molecule has 1 aliphatic rings. The predicted molar refractivity (Wildman–Crippen MR) is 43.7 cm³/mol. The minimum absolute atomic E-state index is 0.128. The Hall–Kier alpha value is -0.600. The normalized spacial score (nSPS) is 30.1. The summed E-state index contributed by atoms with van der Waals surface area (Å²) in [5, 5.41) is 8.53. The van der Waals surface area contributed by atoms with E-state index >= 15 is 0 Å². The lowest BCUT2D eigenvalue weighted by molar-refractivity contribution is -0.138. The number of rotatable bonds is 3. The van der Waals surface area contributed by atoms with E-state index in [1.54, 1.807) is 0 Å². The summed E-state index contributed by atoms with van der Waals surface area (Å²) in [4.78, 5) is 10.4. The lowest BCUT2D eigenvalue weighted by atomic mass is 9.80. The molecule has 0 amide bonds. The van der Waals surface area contributed by atoms with Gasteiger partial charge in [-0.25, -0.2) is 0 Å². The number of alkyl halides is 1. The summed E-state index contributed by atoms with van der Waals surface area (Å²) in [5.74, 6) is -0.403. The van der Waals surface area contributed by atoms with Crippen LogP contribution in [0.5, 0.6) is 0 Å². The van der Waals surface area contributed by atoms with Crippen molar-refractivity contribution < 1.29 is 14.3 Å². The first-order valence-corrected chi connectivity index (χ1v) is 4.50. The fraction of sp³-hybridized carbons (Fsp3) is 0.889. The molecule has 2 unspecified atom stereocenters. The quantitative estimate of drug-likeness (QED) is 0.712. The van der Waals surface area contributed by atoms with Crippen LogP contribution in [0.4, 0.5) is 4.39 Å². The first kappa shape index (κ1) is 9.49. The standard InChI is InChI=1S/C9H15FO2/c10-6-8-3-1-2-7(4-8)5-9(11)12/h7-8H,1-6H2,(H,11,12). The van der Waals surface area contributed by atoms with Crippen LogP contribution in [-0.4, -0.2) is 17.8 Å². The molecule has 1 aliphatic carbocycles. The number of halogens is 1. The third-order valence-electron chi connectivity index (χ3n) is 2.57. The minimum Gasteiger partial charge on any atom is -0.481 e. The van der Waals surface area contributed by atoms with E-state index in [2.05, 4.69) is 0 Å². The Bertz CT molecular complexity index is 159. The van der Waals surface area contributed by atoms with Gasteiger partial charge in [0.25, 0.3) is 0 Å². The maximum Gasteiger partial charge on any atom is 0.303 e. The van der Waals surface area contributed by atoms with Crippen LogP contribution in [0.1, 0.15) is 32.1 Å². The van der Waals surface area contributed by atoms with Crippen molar-refractivity contribution in [3.63, 3.8) is 0 Å². The molecule has 1 saturated carbocycles. The van der Waals surface area contributed by atoms with Gasteiger partial charge in [0.05, 0.1) is 6.67 Å². The van der Waals surface area contributed by atoms with Crippen molar-refractivity contribution in [2.75, 3.05) is 6.67 Å². The highest BCUT2D eigenvalue weighted by Crippen LogP contribution is 2.31. The molecule has 0 heterocycles. The van der Waals surface area contributed by atoms with Crippen molar-refractivity contribution in [2.24, 2.45) is 11.8 Å². The predicted octanol–water partition coefficient (Wildman–Crippen LogP) is 2.24. The molecule has 1 rings (SSSR count). The summed E-state index contributed by atoms with van der Waals surface area (Å²) in [6, 6.07) is 0. The molecular formula is C9H15FO2. The summed E-state index contributed by atoms with van der Waals surface area (Å²) < 4.78 is 12.2. The van der Waals surface area contributed by atoms with Crippen LogP contribution in [-0.2, 0) is 4.79 Å². The van der Waals surface area contributed by atoms with Crippen LogP contribution >= 0.6 is 0 Å². The van der Waals surface area contributed by atoms with Gasteiger partial charge < -0.3 is 5.11 Å². The van der Waals surface area contributed by atoms with E-state index in [0.29, 0.717) is 0 Å². The fourth-order valence-electron chi connectivity index (χ4n) is 1.97. The SMILES string of the molecule is O=C(O)CC1CCCC(CF)C1. The zero-order valence-corrected chi connectivity index (χ0v) is 7.13. The number of aliphatic carboxylic acids is 1. The average Bonchev–Trinajstić information content (AvgIpc) is 2.03. The van der Waals surface area contributed by atoms with E-state index in [-0.39, 0.29) is 24.9 Å². The minimum atomic E-state index is -0.750. The Morgan fingerprint density at radius 2 is 2.08 bits per heavy atom. The molecule has 0 aromatic carbocycles. The second-order valence-corrected chi connectivity index (χ2v) is 3.65. The number of hydrogen-bond donors (Lipinski definition) is 1. The average molecular weight is 174 g/mol. The Kier molecular flexibility index (Phi) is 3.50. The van der Waals surface area contributed by atoms with Crippen molar-refractivity contribution >= 4 is 5.97 Å². The molecule has 2 atom stereocenters. The van der Waals surface area contributed by atoms with Gasteiger partial charge in [-0.1, -0.05) is 6.42 Å². The maximum absolute atomic E-state index is 12.2. The molecule has 0 bridgehead atoms. The molecule has 0 aromatic rings. The van der Waals surface area contributed by atoms with Crippen molar-refractivity contribution in [1.82, 2.24) is 0 Å². The van der Waals surface area contributed by atoms with E-state index in [1.165, 1.54) is 0 Å². The fourth-order valence-corrected chi connectivity index (χ4v) is 1.97. The van der Waals surface area contributed by atoms with Crippen LogP contribution < -0.4 is 0 Å². The van der Waals surface area contributed by atoms with Gasteiger partial charge in [0.1, 0.15) is 0 Å². The van der Waals surface area contributed by atoms with E-state index in [9.17, 15) is 9.18 Å². The lowest BCUT2D eigenvalue weighted by Crippen LogP contribution is -2.19. The second-order valence-electron chi connectivity index (χ2n) is 3.65. The van der Waals surface area contributed by atoms with Crippen LogP contribution in [0.25, 0.3) is 0 Å². The second kappa shape index (κ2) is 4.43. The Morgan fingerprint density at radius 1 is 1.42 bits per heavy atom. The van der Waals surface area contributed by atoms with E-state index in [1.807, 2.05) is 0 Å². The van der Waals surface area contributed by atoms with Crippen LogP contribution in [0.3, 0.4) is 0 Å². The summed E-state index contributed by atoms with van der Waals surface area (Å²) in [6.45, 7) is -0.282. The molecule has 0 saturated heterocycles. The van der Waals surface area contributed by atoms with Gasteiger partial charge in [-0.15, -0.1) is 0 Å². The monoisotopic (exact) mass is 174 g/mol. The number of carboxylic acid groups (broad SMARTS) is 1. The number of hydrogen-bond acceptors (Lipinski definition) is 1. The van der Waals surface area contributed by atoms with Gasteiger partial charge in [-0.05, 0) is 31.1 Å². The molecule has 0 aliphatic heterocycles. The molecule has 1 fully saturated rings.